The van der Waals surface area contributed by atoms with Gasteiger partial charge in [0.1, 0.15) is 0 Å². The molecule has 0 aliphatic heterocycles. The predicted octanol–water partition coefficient (Wildman–Crippen LogP) is -2.94. The van der Waals surface area contributed by atoms with Crippen molar-refractivity contribution in [3.8, 4) is 0 Å². The van der Waals surface area contributed by atoms with Crippen LogP contribution < -0.4 is 27.0 Å². The summed E-state index contributed by atoms with van der Waals surface area (Å²) in [5.41, 5.74) is 5.08. The van der Waals surface area contributed by atoms with Crippen molar-refractivity contribution in [1.29, 1.82) is 0 Å². The fourth-order valence-corrected chi connectivity index (χ4v) is 1.83. The average Bonchev–Trinajstić information content (AvgIpc) is 2.65. The molecule has 11 heteroatoms. The maximum absolute atomic E-state index is 11.9. The first-order valence-corrected chi connectivity index (χ1v) is 8.81. The monoisotopic (exact) mass is 386 g/mol. The van der Waals surface area contributed by atoms with Crippen LogP contribution in [-0.4, -0.2) is 80.8 Å². The van der Waals surface area contributed by atoms with Gasteiger partial charge in [0.25, 0.3) is 0 Å². The molecular formula is C16H30N6O5. The van der Waals surface area contributed by atoms with E-state index in [0.717, 1.165) is 24.2 Å². The van der Waals surface area contributed by atoms with Crippen LogP contribution in [0, 0.1) is 0 Å². The zero-order chi connectivity index (χ0) is 20.7. The van der Waals surface area contributed by atoms with Crippen LogP contribution in [0.4, 0.5) is 0 Å². The van der Waals surface area contributed by atoms with Gasteiger partial charge in [0, 0.05) is 13.6 Å². The Kier molecular flexibility index (Phi) is 13.0. The summed E-state index contributed by atoms with van der Waals surface area (Å²) in [6.45, 7) is 1.37. The van der Waals surface area contributed by atoms with E-state index >= 15 is 0 Å². The predicted molar refractivity (Wildman–Crippen MR) is 98.3 cm³/mol. The molecule has 0 rings (SSSR count). The largest absolute Gasteiger partial charge is 0.355 e. The summed E-state index contributed by atoms with van der Waals surface area (Å²) in [7, 11) is 1.40. The van der Waals surface area contributed by atoms with E-state index < -0.39 is 23.6 Å². The van der Waals surface area contributed by atoms with Gasteiger partial charge in [-0.05, 0) is 6.42 Å². The highest BCUT2D eigenvalue weighted by Gasteiger charge is 2.14. The molecule has 0 aliphatic rings. The Morgan fingerprint density at radius 3 is 1.93 bits per heavy atom. The minimum Gasteiger partial charge on any atom is -0.355 e. The molecule has 0 aliphatic carbocycles. The van der Waals surface area contributed by atoms with Crippen molar-refractivity contribution in [3.05, 3.63) is 0 Å². The molecule has 0 aromatic heterocycles. The van der Waals surface area contributed by atoms with Gasteiger partial charge in [-0.2, -0.15) is 0 Å². The van der Waals surface area contributed by atoms with Crippen LogP contribution in [0.5, 0.6) is 0 Å². The molecule has 0 spiro atoms. The van der Waals surface area contributed by atoms with Crippen LogP contribution in [-0.2, 0) is 24.0 Å². The number of hydrogen-bond acceptors (Lipinski definition) is 6. The first-order chi connectivity index (χ1) is 12.8. The van der Waals surface area contributed by atoms with Crippen molar-refractivity contribution >= 4 is 29.5 Å². The van der Waals surface area contributed by atoms with Gasteiger partial charge in [-0.15, -0.1) is 0 Å². The number of nitrogens with one attached hydrogen (secondary N) is 4. The highest BCUT2D eigenvalue weighted by Crippen LogP contribution is 1.90. The third-order valence-corrected chi connectivity index (χ3v) is 3.42. The minimum atomic E-state index is -0.553. The summed E-state index contributed by atoms with van der Waals surface area (Å²) >= 11 is 0. The third-order valence-electron chi connectivity index (χ3n) is 3.42. The van der Waals surface area contributed by atoms with Crippen molar-refractivity contribution in [3.63, 3.8) is 0 Å². The van der Waals surface area contributed by atoms with Gasteiger partial charge in [0.05, 0.1) is 32.7 Å². The van der Waals surface area contributed by atoms with Crippen molar-refractivity contribution in [2.24, 2.45) is 5.73 Å². The summed E-state index contributed by atoms with van der Waals surface area (Å²) in [6.07, 6.45) is 2.96. The molecule has 0 atom stereocenters. The average molecular weight is 386 g/mol. The Morgan fingerprint density at radius 1 is 0.778 bits per heavy atom. The van der Waals surface area contributed by atoms with E-state index in [0.29, 0.717) is 6.54 Å². The number of amides is 5. The summed E-state index contributed by atoms with van der Waals surface area (Å²) < 4.78 is 0. The quantitative estimate of drug-likeness (QED) is 0.213. The molecule has 0 heterocycles. The molecule has 0 saturated carbocycles. The molecule has 0 aromatic carbocycles. The smallest absolute Gasteiger partial charge is 0.242 e. The lowest BCUT2D eigenvalue weighted by atomic mass is 10.2. The number of rotatable bonds is 13. The lowest BCUT2D eigenvalue weighted by Crippen LogP contribution is -2.46. The minimum absolute atomic E-state index is 0.162. The van der Waals surface area contributed by atoms with Gasteiger partial charge in [-0.3, -0.25) is 24.0 Å². The van der Waals surface area contributed by atoms with Gasteiger partial charge in [0.2, 0.25) is 29.5 Å². The Hall–Kier alpha value is -2.69. The van der Waals surface area contributed by atoms with Gasteiger partial charge in [0.15, 0.2) is 0 Å². The Morgan fingerprint density at radius 2 is 1.33 bits per heavy atom. The van der Waals surface area contributed by atoms with Gasteiger partial charge in [-0.1, -0.05) is 19.8 Å². The van der Waals surface area contributed by atoms with Crippen molar-refractivity contribution in [1.82, 2.24) is 26.2 Å². The lowest BCUT2D eigenvalue weighted by Gasteiger charge is -2.17. The first kappa shape index (κ1) is 24.3. The third kappa shape index (κ3) is 13.2. The molecule has 0 bridgehead atoms. The first-order valence-electron chi connectivity index (χ1n) is 8.81. The summed E-state index contributed by atoms with van der Waals surface area (Å²) in [5.74, 6) is -2.31. The Bertz CT molecular complexity index is 525. The summed E-state index contributed by atoms with van der Waals surface area (Å²) in [6, 6.07) is 0. The fourth-order valence-electron chi connectivity index (χ4n) is 1.83. The molecule has 6 N–H and O–H groups in total. The molecular weight excluding hydrogens is 356 g/mol. The van der Waals surface area contributed by atoms with Crippen molar-refractivity contribution in [2.45, 2.75) is 26.2 Å². The number of nitrogens with zero attached hydrogens (tertiary/aromatic N) is 1. The Labute approximate surface area is 158 Å². The molecule has 0 radical (unpaired) electrons. The van der Waals surface area contributed by atoms with Crippen LogP contribution in [0.1, 0.15) is 26.2 Å². The molecule has 0 saturated heterocycles. The van der Waals surface area contributed by atoms with Gasteiger partial charge >= 0.3 is 0 Å². The molecule has 5 amide bonds. The molecule has 0 fully saturated rings. The number of nitrogens with two attached hydrogens (primary N) is 1. The van der Waals surface area contributed by atoms with E-state index in [1.54, 1.807) is 0 Å². The number of hydrogen-bond donors (Lipinski definition) is 5. The fraction of sp³-hybridized carbons (Fsp3) is 0.688. The number of unbranched alkanes of at least 4 members (excludes halogenated alkanes) is 2. The van der Waals surface area contributed by atoms with Crippen LogP contribution >= 0.6 is 0 Å². The van der Waals surface area contributed by atoms with Gasteiger partial charge in [-0.25, -0.2) is 0 Å². The zero-order valence-corrected chi connectivity index (χ0v) is 15.9. The van der Waals surface area contributed by atoms with Crippen LogP contribution in [0.3, 0.4) is 0 Å². The van der Waals surface area contributed by atoms with E-state index in [1.807, 2.05) is 0 Å². The topological polar surface area (TPSA) is 163 Å². The molecule has 0 aromatic rings. The van der Waals surface area contributed by atoms with E-state index in [9.17, 15) is 24.0 Å². The molecule has 0 unspecified atom stereocenters. The van der Waals surface area contributed by atoms with E-state index in [2.05, 4.69) is 28.2 Å². The number of likely N-dealkylation sites (N-methyl/N-ethyl adjacent to an activating group) is 1. The SMILES string of the molecule is CCCCCNC(=O)CNC(=O)CN(C)C(=O)CNC(=O)CNC(=O)CN. The van der Waals surface area contributed by atoms with Crippen LogP contribution in [0.2, 0.25) is 0 Å². The van der Waals surface area contributed by atoms with Crippen LogP contribution in [0.25, 0.3) is 0 Å². The summed E-state index contributed by atoms with van der Waals surface area (Å²) in [5, 5.41) is 9.69. The van der Waals surface area contributed by atoms with Gasteiger partial charge < -0.3 is 31.9 Å². The van der Waals surface area contributed by atoms with Crippen LogP contribution in [0.15, 0.2) is 0 Å². The number of carbonyl (C=O) groups excluding carboxylic acids is 5. The highest BCUT2D eigenvalue weighted by molar-refractivity contribution is 5.91. The molecule has 11 nitrogen and oxygen atoms in total. The maximum atomic E-state index is 11.9. The second kappa shape index (κ2) is 14.5. The maximum Gasteiger partial charge on any atom is 0.242 e. The second-order valence-electron chi connectivity index (χ2n) is 5.84. The molecule has 27 heavy (non-hydrogen) atoms. The highest BCUT2D eigenvalue weighted by atomic mass is 16.2. The summed E-state index contributed by atoms with van der Waals surface area (Å²) in [4.78, 5) is 58.7. The van der Waals surface area contributed by atoms with Crippen molar-refractivity contribution in [2.75, 3.05) is 46.3 Å². The van der Waals surface area contributed by atoms with Crippen molar-refractivity contribution < 1.29 is 24.0 Å². The normalized spacial score (nSPS) is 9.89. The van der Waals surface area contributed by atoms with E-state index in [4.69, 9.17) is 5.73 Å². The standard InChI is InChI=1S/C16H30N6O5/c1-3-4-5-6-18-13(24)8-20-15(26)11-22(2)16(27)10-21-14(25)9-19-12(23)7-17/h3-11,17H2,1-2H3,(H,18,24)(H,19,23)(H,20,26)(H,21,25). The Balaban J connectivity index is 3.96. The van der Waals surface area contributed by atoms with E-state index in [-0.39, 0.29) is 38.6 Å². The molecule has 154 valence electrons. The number of carbonyl (C=O) groups is 5. The van der Waals surface area contributed by atoms with E-state index in [1.165, 1.54) is 7.05 Å². The zero-order valence-electron chi connectivity index (χ0n) is 15.9. The second-order valence-corrected chi connectivity index (χ2v) is 5.84. The lowest BCUT2D eigenvalue weighted by molar-refractivity contribution is -0.135.